The first-order valence-electron chi connectivity index (χ1n) is 6.28. The van der Waals surface area contributed by atoms with Crippen LogP contribution in [0.4, 0.5) is 0 Å². The van der Waals surface area contributed by atoms with Gasteiger partial charge in [0.15, 0.2) is 0 Å². The molecule has 0 amide bonds. The van der Waals surface area contributed by atoms with E-state index in [0.717, 1.165) is 12.5 Å². The molecule has 0 unspecified atom stereocenters. The van der Waals surface area contributed by atoms with Gasteiger partial charge in [-0.1, -0.05) is 30.3 Å². The average molecular weight is 253 g/mol. The van der Waals surface area contributed by atoms with Crippen LogP contribution in [0.1, 0.15) is 19.4 Å². The predicted molar refractivity (Wildman–Crippen MR) is 73.0 cm³/mol. The van der Waals surface area contributed by atoms with E-state index in [1.807, 2.05) is 19.9 Å². The van der Waals surface area contributed by atoms with E-state index in [2.05, 4.69) is 24.3 Å². The Morgan fingerprint density at radius 3 is 2.12 bits per heavy atom. The Balaban J connectivity index is 2.59. The first-order chi connectivity index (χ1) is 8.26. The normalized spacial score (nSPS) is 11.7. The van der Waals surface area contributed by atoms with Crippen LogP contribution in [0.25, 0.3) is 0 Å². The lowest BCUT2D eigenvalue weighted by molar-refractivity contribution is 0.183. The minimum Gasteiger partial charge on any atom is -0.394 e. The van der Waals surface area contributed by atoms with Crippen LogP contribution in [0.15, 0.2) is 30.3 Å². The highest BCUT2D eigenvalue weighted by molar-refractivity contribution is 6.67. The van der Waals surface area contributed by atoms with Gasteiger partial charge in [-0.25, -0.2) is 0 Å². The maximum atomic E-state index is 5.86. The Morgan fingerprint density at radius 2 is 1.65 bits per heavy atom. The molecule has 0 heterocycles. The monoisotopic (exact) mass is 253 g/mol. The molecule has 96 valence electrons. The Bertz CT molecular complexity index is 300. The Morgan fingerprint density at radius 1 is 1.06 bits per heavy atom. The van der Waals surface area contributed by atoms with Crippen molar-refractivity contribution in [2.24, 2.45) is 5.73 Å². The zero-order valence-corrected chi connectivity index (χ0v) is 11.8. The summed E-state index contributed by atoms with van der Waals surface area (Å²) in [7, 11) is -2.17. The van der Waals surface area contributed by atoms with Gasteiger partial charge in [0.2, 0.25) is 0 Å². The Labute approximate surface area is 105 Å². The van der Waals surface area contributed by atoms with E-state index in [0.29, 0.717) is 19.4 Å². The third kappa shape index (κ3) is 4.59. The quantitative estimate of drug-likeness (QED) is 0.723. The number of benzene rings is 1. The van der Waals surface area contributed by atoms with Crippen molar-refractivity contribution in [3.63, 3.8) is 0 Å². The van der Waals surface area contributed by atoms with Crippen molar-refractivity contribution in [3.8, 4) is 0 Å². The van der Waals surface area contributed by atoms with E-state index in [1.54, 1.807) is 0 Å². The van der Waals surface area contributed by atoms with Crippen molar-refractivity contribution in [3.05, 3.63) is 35.9 Å². The van der Waals surface area contributed by atoms with E-state index in [1.165, 1.54) is 5.56 Å². The third-order valence-electron chi connectivity index (χ3n) is 2.76. The van der Waals surface area contributed by atoms with E-state index in [4.69, 9.17) is 14.6 Å². The van der Waals surface area contributed by atoms with E-state index < -0.39 is 8.56 Å². The van der Waals surface area contributed by atoms with Crippen LogP contribution in [-0.2, 0) is 15.3 Å². The molecule has 0 spiro atoms. The van der Waals surface area contributed by atoms with Gasteiger partial charge in [-0.15, -0.1) is 0 Å². The van der Waals surface area contributed by atoms with Crippen molar-refractivity contribution >= 4 is 8.56 Å². The SMILES string of the molecule is CCO[Si](CN)(CCc1ccccc1)OCC. The van der Waals surface area contributed by atoms with Gasteiger partial charge in [-0.2, -0.15) is 0 Å². The number of aryl methyl sites for hydroxylation is 1. The first-order valence-corrected chi connectivity index (χ1v) is 8.51. The molecule has 1 rings (SSSR count). The molecule has 1 aromatic carbocycles. The van der Waals surface area contributed by atoms with Crippen LogP contribution in [0, 0.1) is 0 Å². The van der Waals surface area contributed by atoms with Gasteiger partial charge < -0.3 is 14.6 Å². The summed E-state index contributed by atoms with van der Waals surface area (Å²) in [5, 5.41) is 0. The van der Waals surface area contributed by atoms with E-state index >= 15 is 0 Å². The smallest absolute Gasteiger partial charge is 0.352 e. The van der Waals surface area contributed by atoms with Crippen LogP contribution in [0.3, 0.4) is 0 Å². The molecule has 0 saturated heterocycles. The van der Waals surface area contributed by atoms with Crippen LogP contribution in [0.5, 0.6) is 0 Å². The summed E-state index contributed by atoms with van der Waals surface area (Å²) in [6, 6.07) is 11.3. The molecular weight excluding hydrogens is 230 g/mol. The summed E-state index contributed by atoms with van der Waals surface area (Å²) in [5.74, 6) is 0. The fourth-order valence-electron chi connectivity index (χ4n) is 1.91. The molecule has 3 nitrogen and oxygen atoms in total. The van der Waals surface area contributed by atoms with E-state index in [-0.39, 0.29) is 0 Å². The standard InChI is InChI=1S/C13H23NO2Si/c1-3-15-17(12-14,16-4-2)11-10-13-8-6-5-7-9-13/h5-9H,3-4,10-12,14H2,1-2H3. The van der Waals surface area contributed by atoms with Gasteiger partial charge in [-0.05, 0) is 31.9 Å². The molecule has 0 radical (unpaired) electrons. The maximum Gasteiger partial charge on any atom is 0.352 e. The zero-order valence-electron chi connectivity index (χ0n) is 10.8. The van der Waals surface area contributed by atoms with Crippen LogP contribution in [-0.4, -0.2) is 27.9 Å². The van der Waals surface area contributed by atoms with Crippen LogP contribution >= 0.6 is 0 Å². The number of nitrogens with two attached hydrogens (primary N) is 1. The van der Waals surface area contributed by atoms with Crippen molar-refractivity contribution in [1.29, 1.82) is 0 Å². The second-order valence-electron chi connectivity index (χ2n) is 3.97. The molecule has 0 atom stereocenters. The summed E-state index contributed by atoms with van der Waals surface area (Å²) in [4.78, 5) is 0. The summed E-state index contributed by atoms with van der Waals surface area (Å²) in [5.41, 5.74) is 7.17. The summed E-state index contributed by atoms with van der Waals surface area (Å²) in [6.07, 6.45) is 1.51. The molecule has 0 fully saturated rings. The molecule has 2 N–H and O–H groups in total. The molecule has 0 aliphatic rings. The fourth-order valence-corrected chi connectivity index (χ4v) is 4.45. The fraction of sp³-hybridized carbons (Fsp3) is 0.538. The highest BCUT2D eigenvalue weighted by Crippen LogP contribution is 2.16. The zero-order chi connectivity index (χ0) is 12.6. The van der Waals surface area contributed by atoms with Gasteiger partial charge in [0.1, 0.15) is 0 Å². The summed E-state index contributed by atoms with van der Waals surface area (Å²) >= 11 is 0. The van der Waals surface area contributed by atoms with Crippen LogP contribution in [0.2, 0.25) is 6.04 Å². The molecule has 1 aromatic rings. The predicted octanol–water partition coefficient (Wildman–Crippen LogP) is 2.24. The second kappa shape index (κ2) is 7.61. The molecule has 0 aromatic heterocycles. The Kier molecular flexibility index (Phi) is 6.43. The van der Waals surface area contributed by atoms with Gasteiger partial charge >= 0.3 is 8.56 Å². The molecule has 0 aliphatic heterocycles. The van der Waals surface area contributed by atoms with Gasteiger partial charge in [0.05, 0.1) is 0 Å². The third-order valence-corrected chi connectivity index (χ3v) is 6.03. The average Bonchev–Trinajstić information content (AvgIpc) is 2.38. The molecule has 17 heavy (non-hydrogen) atoms. The van der Waals surface area contributed by atoms with Crippen molar-refractivity contribution in [1.82, 2.24) is 0 Å². The van der Waals surface area contributed by atoms with Gasteiger partial charge in [0.25, 0.3) is 0 Å². The van der Waals surface area contributed by atoms with Crippen molar-refractivity contribution < 1.29 is 8.85 Å². The molecular formula is C13H23NO2Si. The molecule has 4 heteroatoms. The molecule has 0 bridgehead atoms. The number of hydrogen-bond donors (Lipinski definition) is 1. The molecule has 0 saturated carbocycles. The van der Waals surface area contributed by atoms with Crippen molar-refractivity contribution in [2.75, 3.05) is 19.4 Å². The van der Waals surface area contributed by atoms with E-state index in [9.17, 15) is 0 Å². The lowest BCUT2D eigenvalue weighted by Crippen LogP contribution is -2.50. The maximum absolute atomic E-state index is 5.86. The lowest BCUT2D eigenvalue weighted by Gasteiger charge is -2.28. The number of rotatable bonds is 8. The van der Waals surface area contributed by atoms with Crippen LogP contribution < -0.4 is 5.73 Å². The highest BCUT2D eigenvalue weighted by Gasteiger charge is 2.35. The summed E-state index contributed by atoms with van der Waals surface area (Å²) < 4.78 is 11.7. The second-order valence-corrected chi connectivity index (χ2v) is 7.27. The Hall–Kier alpha value is -0.683. The largest absolute Gasteiger partial charge is 0.394 e. The van der Waals surface area contributed by atoms with Gasteiger partial charge in [-0.3, -0.25) is 0 Å². The summed E-state index contributed by atoms with van der Waals surface area (Å²) in [6.45, 7) is 5.36. The van der Waals surface area contributed by atoms with Gasteiger partial charge in [0, 0.05) is 19.4 Å². The topological polar surface area (TPSA) is 44.5 Å². The molecule has 0 aliphatic carbocycles. The number of hydrogen-bond acceptors (Lipinski definition) is 3. The van der Waals surface area contributed by atoms with Crippen molar-refractivity contribution in [2.45, 2.75) is 26.3 Å². The highest BCUT2D eigenvalue weighted by atomic mass is 28.4. The lowest BCUT2D eigenvalue weighted by atomic mass is 10.2. The minimum absolute atomic E-state index is 0.529. The first kappa shape index (κ1) is 14.4. The minimum atomic E-state index is -2.17.